The Morgan fingerprint density at radius 2 is 1.78 bits per heavy atom. The molecule has 2 aromatic heterocycles. The van der Waals surface area contributed by atoms with E-state index >= 15 is 0 Å². The quantitative estimate of drug-likeness (QED) is 0.402. The van der Waals surface area contributed by atoms with E-state index in [4.69, 9.17) is 9.47 Å². The molecule has 0 atom stereocenters. The summed E-state index contributed by atoms with van der Waals surface area (Å²) in [6.45, 7) is 1.87. The van der Waals surface area contributed by atoms with Crippen LogP contribution in [-0.4, -0.2) is 34.9 Å². The molecule has 5 aromatic rings. The van der Waals surface area contributed by atoms with Crippen molar-refractivity contribution in [2.45, 2.75) is 6.92 Å². The van der Waals surface area contributed by atoms with Crippen LogP contribution in [0.25, 0.3) is 26.1 Å². The van der Waals surface area contributed by atoms with Crippen molar-refractivity contribution in [2.24, 2.45) is 0 Å². The fourth-order valence-electron chi connectivity index (χ4n) is 3.60. The summed E-state index contributed by atoms with van der Waals surface area (Å²) in [7, 11) is 3.19. The van der Waals surface area contributed by atoms with E-state index in [2.05, 4.69) is 15.4 Å². The second kappa shape index (κ2) is 7.97. The Balaban J connectivity index is 1.52. The molecule has 3 aromatic carbocycles. The molecular formula is C24H20N4O3S. The van der Waals surface area contributed by atoms with Crippen LogP contribution in [0.3, 0.4) is 0 Å². The van der Waals surface area contributed by atoms with Gasteiger partial charge in [0.25, 0.3) is 5.91 Å². The molecule has 0 aliphatic rings. The van der Waals surface area contributed by atoms with Gasteiger partial charge in [-0.1, -0.05) is 35.6 Å². The largest absolute Gasteiger partial charge is 0.497 e. The number of ether oxygens (including phenoxy) is 2. The van der Waals surface area contributed by atoms with Gasteiger partial charge in [-0.2, -0.15) is 9.78 Å². The highest BCUT2D eigenvalue weighted by atomic mass is 32.1. The summed E-state index contributed by atoms with van der Waals surface area (Å²) in [6.07, 6.45) is 0. The zero-order valence-corrected chi connectivity index (χ0v) is 18.6. The molecule has 0 spiro atoms. The Hall–Kier alpha value is -3.91. The van der Waals surface area contributed by atoms with Crippen LogP contribution in [0.1, 0.15) is 16.1 Å². The van der Waals surface area contributed by atoms with Gasteiger partial charge in [0.1, 0.15) is 17.3 Å². The maximum atomic E-state index is 13.2. The van der Waals surface area contributed by atoms with E-state index in [-0.39, 0.29) is 5.91 Å². The summed E-state index contributed by atoms with van der Waals surface area (Å²) >= 11 is 1.49. The first-order valence-corrected chi connectivity index (χ1v) is 10.8. The number of anilines is 1. The second-order valence-electron chi connectivity index (χ2n) is 7.27. The molecule has 0 aliphatic carbocycles. The third kappa shape index (κ3) is 3.54. The topological polar surface area (TPSA) is 78.3 Å². The molecule has 160 valence electrons. The number of fused-ring (bicyclic) bond motifs is 2. The zero-order valence-electron chi connectivity index (χ0n) is 17.7. The van der Waals surface area contributed by atoms with Crippen molar-refractivity contribution in [3.8, 4) is 16.6 Å². The molecule has 5 rings (SSSR count). The normalized spacial score (nSPS) is 11.1. The number of nitrogens with zero attached hydrogens (tertiary/aromatic N) is 3. The number of nitrogens with one attached hydrogen (secondary N) is 1. The van der Waals surface area contributed by atoms with E-state index < -0.39 is 0 Å². The number of amides is 1. The number of aryl methyl sites for hydroxylation is 1. The molecule has 2 heterocycles. The maximum Gasteiger partial charge on any atom is 0.260 e. The maximum absolute atomic E-state index is 13.2. The van der Waals surface area contributed by atoms with Crippen LogP contribution in [0.15, 0.2) is 60.7 Å². The number of hydrogen-bond donors (Lipinski definition) is 1. The van der Waals surface area contributed by atoms with Crippen LogP contribution in [-0.2, 0) is 0 Å². The van der Waals surface area contributed by atoms with Gasteiger partial charge in [-0.3, -0.25) is 4.79 Å². The van der Waals surface area contributed by atoms with E-state index in [1.54, 1.807) is 18.9 Å². The molecule has 7 nitrogen and oxygen atoms in total. The fourth-order valence-corrected chi connectivity index (χ4v) is 4.51. The highest BCUT2D eigenvalue weighted by Crippen LogP contribution is 2.31. The van der Waals surface area contributed by atoms with E-state index in [0.29, 0.717) is 22.3 Å². The number of methoxy groups -OCH3 is 2. The Morgan fingerprint density at radius 1 is 1.00 bits per heavy atom. The van der Waals surface area contributed by atoms with Gasteiger partial charge in [0.15, 0.2) is 0 Å². The summed E-state index contributed by atoms with van der Waals surface area (Å²) < 4.78 is 13.4. The van der Waals surface area contributed by atoms with Gasteiger partial charge in [-0.25, -0.2) is 4.98 Å². The minimum absolute atomic E-state index is 0.281. The van der Waals surface area contributed by atoms with Crippen LogP contribution in [0.4, 0.5) is 5.82 Å². The standard InChI is InChI=1S/C24H20N4O3S/c1-14-10-22(28(27-14)24-25-19-13-17(30-2)8-9-21(19)32-24)26-23(29)18-11-15-6-4-5-7-16(15)12-20(18)31-3/h4-13H,1-3H3,(H,26,29). The lowest BCUT2D eigenvalue weighted by Crippen LogP contribution is -2.16. The van der Waals surface area contributed by atoms with Crippen LogP contribution in [0, 0.1) is 6.92 Å². The summed E-state index contributed by atoms with van der Waals surface area (Å²) in [5, 5.41) is 10.1. The molecule has 0 saturated carbocycles. The first kappa shape index (κ1) is 20.0. The van der Waals surface area contributed by atoms with Crippen molar-refractivity contribution in [3.05, 3.63) is 71.9 Å². The van der Waals surface area contributed by atoms with Gasteiger partial charge in [0.05, 0.1) is 35.7 Å². The van der Waals surface area contributed by atoms with Gasteiger partial charge < -0.3 is 14.8 Å². The molecule has 0 unspecified atom stereocenters. The zero-order chi connectivity index (χ0) is 22.2. The van der Waals surface area contributed by atoms with Crippen molar-refractivity contribution in [3.63, 3.8) is 0 Å². The molecule has 0 aliphatic heterocycles. The molecular weight excluding hydrogens is 424 g/mol. The minimum atomic E-state index is -0.281. The van der Waals surface area contributed by atoms with Crippen LogP contribution >= 0.6 is 11.3 Å². The minimum Gasteiger partial charge on any atom is -0.497 e. The lowest BCUT2D eigenvalue weighted by Gasteiger charge is -2.11. The second-order valence-corrected chi connectivity index (χ2v) is 8.28. The number of carbonyl (C=O) groups is 1. The fraction of sp³-hybridized carbons (Fsp3) is 0.125. The Bertz CT molecular complexity index is 1470. The van der Waals surface area contributed by atoms with Gasteiger partial charge in [0.2, 0.25) is 5.13 Å². The monoisotopic (exact) mass is 444 g/mol. The lowest BCUT2D eigenvalue weighted by atomic mass is 10.1. The van der Waals surface area contributed by atoms with Crippen LogP contribution < -0.4 is 14.8 Å². The van der Waals surface area contributed by atoms with Crippen LogP contribution in [0.5, 0.6) is 11.5 Å². The number of hydrogen-bond acceptors (Lipinski definition) is 6. The smallest absolute Gasteiger partial charge is 0.260 e. The molecule has 1 amide bonds. The van der Waals surface area contributed by atoms with Crippen molar-refractivity contribution in [1.82, 2.24) is 14.8 Å². The van der Waals surface area contributed by atoms with Gasteiger partial charge in [-0.05, 0) is 42.0 Å². The van der Waals surface area contributed by atoms with Crippen molar-refractivity contribution in [2.75, 3.05) is 19.5 Å². The highest BCUT2D eigenvalue weighted by molar-refractivity contribution is 7.20. The SMILES string of the molecule is COc1ccc2sc(-n3nc(C)cc3NC(=O)c3cc4ccccc4cc3OC)nc2c1. The van der Waals surface area contributed by atoms with Crippen molar-refractivity contribution >= 4 is 44.1 Å². The Labute approximate surface area is 188 Å². The summed E-state index contributed by atoms with van der Waals surface area (Å²) in [4.78, 5) is 17.9. The summed E-state index contributed by atoms with van der Waals surface area (Å²) in [5.41, 5.74) is 2.03. The number of aromatic nitrogens is 3. The number of rotatable bonds is 5. The van der Waals surface area contributed by atoms with Gasteiger partial charge in [0, 0.05) is 12.1 Å². The molecule has 0 radical (unpaired) electrons. The third-order valence-electron chi connectivity index (χ3n) is 5.15. The number of thiazole rings is 1. The van der Waals surface area contributed by atoms with Crippen molar-refractivity contribution < 1.29 is 14.3 Å². The predicted molar refractivity (Wildman–Crippen MR) is 126 cm³/mol. The van der Waals surface area contributed by atoms with Crippen molar-refractivity contribution in [1.29, 1.82) is 0 Å². The Kier molecular flexibility index (Phi) is 4.99. The lowest BCUT2D eigenvalue weighted by molar-refractivity contribution is 0.102. The number of benzene rings is 3. The molecule has 0 saturated heterocycles. The van der Waals surface area contributed by atoms with Gasteiger partial charge >= 0.3 is 0 Å². The van der Waals surface area contributed by atoms with E-state index in [1.807, 2.05) is 67.6 Å². The van der Waals surface area contributed by atoms with Gasteiger partial charge in [-0.15, -0.1) is 0 Å². The summed E-state index contributed by atoms with van der Waals surface area (Å²) in [6, 6.07) is 19.1. The first-order chi connectivity index (χ1) is 15.6. The molecule has 1 N–H and O–H groups in total. The molecule has 32 heavy (non-hydrogen) atoms. The molecule has 0 bridgehead atoms. The average molecular weight is 445 g/mol. The third-order valence-corrected chi connectivity index (χ3v) is 6.16. The molecule has 8 heteroatoms. The first-order valence-electron chi connectivity index (χ1n) is 9.95. The van der Waals surface area contributed by atoms with E-state index in [9.17, 15) is 4.79 Å². The van der Waals surface area contributed by atoms with E-state index in [1.165, 1.54) is 11.3 Å². The Morgan fingerprint density at radius 3 is 2.53 bits per heavy atom. The van der Waals surface area contributed by atoms with E-state index in [0.717, 1.165) is 32.4 Å². The van der Waals surface area contributed by atoms with Crippen LogP contribution in [0.2, 0.25) is 0 Å². The number of carbonyl (C=O) groups excluding carboxylic acids is 1. The highest BCUT2D eigenvalue weighted by Gasteiger charge is 2.18. The average Bonchev–Trinajstić information content (AvgIpc) is 3.40. The predicted octanol–water partition coefficient (Wildman–Crippen LogP) is 5.21. The summed E-state index contributed by atoms with van der Waals surface area (Å²) in [5.74, 6) is 1.50. The molecule has 0 fully saturated rings.